The molecule has 1 aromatic carbocycles. The van der Waals surface area contributed by atoms with Crippen molar-refractivity contribution in [3.63, 3.8) is 0 Å². The fourth-order valence-corrected chi connectivity index (χ4v) is 3.49. The van der Waals surface area contributed by atoms with Crippen LogP contribution in [-0.4, -0.2) is 28.3 Å². The van der Waals surface area contributed by atoms with E-state index >= 15 is 0 Å². The molecule has 2 amide bonds. The number of aromatic nitrogens is 2. The molecule has 25 heavy (non-hydrogen) atoms. The van der Waals surface area contributed by atoms with Crippen molar-refractivity contribution in [3.05, 3.63) is 59.9 Å². The molecule has 0 spiro atoms. The van der Waals surface area contributed by atoms with E-state index in [4.69, 9.17) is 0 Å². The summed E-state index contributed by atoms with van der Waals surface area (Å²) in [5, 5.41) is 5.34. The Bertz CT molecular complexity index is 939. The summed E-state index contributed by atoms with van der Waals surface area (Å²) in [6.07, 6.45) is 3.41. The second-order valence-corrected chi connectivity index (χ2v) is 6.41. The monoisotopic (exact) mass is 350 g/mol. The molecule has 2 aromatic heterocycles. The molecule has 3 aromatic rings. The molecule has 1 aliphatic rings. The van der Waals surface area contributed by atoms with Crippen LogP contribution in [0.3, 0.4) is 0 Å². The summed E-state index contributed by atoms with van der Waals surface area (Å²) in [5.74, 6) is -0.352. The molecule has 0 fully saturated rings. The summed E-state index contributed by atoms with van der Waals surface area (Å²) < 4.78 is 0. The lowest BCUT2D eigenvalue weighted by Crippen LogP contribution is -2.32. The number of carbonyl (C=O) groups is 2. The van der Waals surface area contributed by atoms with Crippen molar-refractivity contribution in [2.24, 2.45) is 0 Å². The fourth-order valence-electron chi connectivity index (χ4n) is 2.69. The maximum absolute atomic E-state index is 13.0. The average Bonchev–Trinajstić information content (AvgIpc) is 3.07. The van der Waals surface area contributed by atoms with Gasteiger partial charge >= 0.3 is 0 Å². The Hall–Kier alpha value is -3.06. The van der Waals surface area contributed by atoms with Gasteiger partial charge in [-0.2, -0.15) is 0 Å². The molecule has 124 valence electrons. The van der Waals surface area contributed by atoms with Crippen molar-refractivity contribution < 1.29 is 9.59 Å². The molecule has 3 heterocycles. The van der Waals surface area contributed by atoms with Crippen molar-refractivity contribution in [2.75, 3.05) is 16.8 Å². The van der Waals surface area contributed by atoms with Gasteiger partial charge in [0.15, 0.2) is 0 Å². The number of hydrogen-bond acceptors (Lipinski definition) is 5. The van der Waals surface area contributed by atoms with Gasteiger partial charge < -0.3 is 10.2 Å². The summed E-state index contributed by atoms with van der Waals surface area (Å²) in [6, 6.07) is 11.4. The minimum atomic E-state index is -0.232. The Balaban J connectivity index is 1.67. The first-order valence-electron chi connectivity index (χ1n) is 7.79. The molecule has 6 nitrogen and oxygen atoms in total. The van der Waals surface area contributed by atoms with Crippen LogP contribution >= 0.6 is 11.3 Å². The zero-order valence-electron chi connectivity index (χ0n) is 13.2. The number of benzene rings is 1. The number of nitrogens with zero attached hydrogens (tertiary/aromatic N) is 3. The Kier molecular flexibility index (Phi) is 3.99. The predicted octanol–water partition coefficient (Wildman–Crippen LogP) is 3.19. The van der Waals surface area contributed by atoms with Crippen LogP contribution in [0.2, 0.25) is 0 Å². The Morgan fingerprint density at radius 3 is 2.88 bits per heavy atom. The highest BCUT2D eigenvalue weighted by molar-refractivity contribution is 7.13. The van der Waals surface area contributed by atoms with Gasteiger partial charge in [-0.05, 0) is 6.07 Å². The average molecular weight is 350 g/mol. The second-order valence-electron chi connectivity index (χ2n) is 5.55. The molecule has 0 bridgehead atoms. The lowest BCUT2D eigenvalue weighted by atomic mass is 10.2. The molecule has 0 saturated carbocycles. The first kappa shape index (κ1) is 15.5. The zero-order chi connectivity index (χ0) is 17.2. The number of thiazole rings is 1. The zero-order valence-corrected chi connectivity index (χ0v) is 14.0. The molecule has 4 rings (SSSR count). The van der Waals surface area contributed by atoms with E-state index in [2.05, 4.69) is 15.3 Å². The summed E-state index contributed by atoms with van der Waals surface area (Å²) in [4.78, 5) is 34.9. The SMILES string of the molecule is O=C1CCN(C(=O)c2csc(-c3ccccc3)n2)c2cnccc2N1. The maximum atomic E-state index is 13.0. The van der Waals surface area contributed by atoms with Crippen molar-refractivity contribution >= 4 is 34.5 Å². The number of hydrogen-bond donors (Lipinski definition) is 1. The first-order chi connectivity index (χ1) is 12.2. The Labute approximate surface area is 148 Å². The number of fused-ring (bicyclic) bond motifs is 1. The lowest BCUT2D eigenvalue weighted by Gasteiger charge is -2.20. The van der Waals surface area contributed by atoms with E-state index in [9.17, 15) is 9.59 Å². The van der Waals surface area contributed by atoms with Crippen LogP contribution in [0.1, 0.15) is 16.9 Å². The highest BCUT2D eigenvalue weighted by atomic mass is 32.1. The molecular formula is C18H14N4O2S. The maximum Gasteiger partial charge on any atom is 0.277 e. The number of amides is 2. The second kappa shape index (κ2) is 6.45. The van der Waals surface area contributed by atoms with Crippen molar-refractivity contribution in [3.8, 4) is 10.6 Å². The molecule has 1 aliphatic heterocycles. The van der Waals surface area contributed by atoms with E-state index in [0.717, 1.165) is 10.6 Å². The number of pyridine rings is 1. The van der Waals surface area contributed by atoms with Gasteiger partial charge in [0.2, 0.25) is 5.91 Å². The van der Waals surface area contributed by atoms with E-state index in [1.165, 1.54) is 11.3 Å². The number of nitrogens with one attached hydrogen (secondary N) is 1. The van der Waals surface area contributed by atoms with Crippen molar-refractivity contribution in [1.82, 2.24) is 9.97 Å². The third kappa shape index (κ3) is 3.01. The predicted molar refractivity (Wildman–Crippen MR) is 96.7 cm³/mol. The van der Waals surface area contributed by atoms with Crippen LogP contribution in [0.25, 0.3) is 10.6 Å². The van der Waals surface area contributed by atoms with Crippen LogP contribution in [-0.2, 0) is 4.79 Å². The fraction of sp³-hybridized carbons (Fsp3) is 0.111. The summed E-state index contributed by atoms with van der Waals surface area (Å²) in [5.41, 5.74) is 2.52. The van der Waals surface area contributed by atoms with Gasteiger partial charge in [0, 0.05) is 30.1 Å². The van der Waals surface area contributed by atoms with Crippen molar-refractivity contribution in [1.29, 1.82) is 0 Å². The van der Waals surface area contributed by atoms with Gasteiger partial charge in [-0.3, -0.25) is 14.6 Å². The molecule has 7 heteroatoms. The molecule has 1 N–H and O–H groups in total. The van der Waals surface area contributed by atoms with Crippen molar-refractivity contribution in [2.45, 2.75) is 6.42 Å². The van der Waals surface area contributed by atoms with Crippen LogP contribution in [0.4, 0.5) is 11.4 Å². The Morgan fingerprint density at radius 2 is 2.04 bits per heavy atom. The van der Waals surface area contributed by atoms with E-state index in [-0.39, 0.29) is 18.2 Å². The molecule has 0 radical (unpaired) electrons. The summed E-state index contributed by atoms with van der Waals surface area (Å²) >= 11 is 1.43. The minimum absolute atomic E-state index is 0.119. The van der Waals surface area contributed by atoms with Gasteiger partial charge in [-0.25, -0.2) is 4.98 Å². The van der Waals surface area contributed by atoms with Gasteiger partial charge in [0.1, 0.15) is 10.7 Å². The molecular weight excluding hydrogens is 336 g/mol. The van der Waals surface area contributed by atoms with Crippen LogP contribution in [0.15, 0.2) is 54.2 Å². The Morgan fingerprint density at radius 1 is 1.20 bits per heavy atom. The van der Waals surface area contributed by atoms with Crippen LogP contribution in [0, 0.1) is 0 Å². The van der Waals surface area contributed by atoms with Gasteiger partial charge in [-0.15, -0.1) is 11.3 Å². The molecule has 0 atom stereocenters. The normalized spacial score (nSPS) is 13.8. The van der Waals surface area contributed by atoms with Gasteiger partial charge in [-0.1, -0.05) is 30.3 Å². The number of carbonyl (C=O) groups excluding carboxylic acids is 2. The van der Waals surface area contributed by atoms with Gasteiger partial charge in [0.05, 0.1) is 17.6 Å². The first-order valence-corrected chi connectivity index (χ1v) is 8.67. The van der Waals surface area contributed by atoms with Gasteiger partial charge in [0.25, 0.3) is 5.91 Å². The molecule has 0 saturated heterocycles. The minimum Gasteiger partial charge on any atom is -0.324 e. The molecule has 0 unspecified atom stereocenters. The van der Waals surface area contributed by atoms with E-state index in [0.29, 0.717) is 23.6 Å². The van der Waals surface area contributed by atoms with E-state index in [1.54, 1.807) is 28.7 Å². The molecule has 0 aliphatic carbocycles. The highest BCUT2D eigenvalue weighted by Gasteiger charge is 2.26. The third-order valence-corrected chi connectivity index (χ3v) is 4.81. The quantitative estimate of drug-likeness (QED) is 0.770. The van der Waals surface area contributed by atoms with E-state index in [1.807, 2.05) is 30.3 Å². The topological polar surface area (TPSA) is 75.2 Å². The lowest BCUT2D eigenvalue weighted by molar-refractivity contribution is -0.115. The van der Waals surface area contributed by atoms with E-state index < -0.39 is 0 Å². The number of anilines is 2. The highest BCUT2D eigenvalue weighted by Crippen LogP contribution is 2.30. The van der Waals surface area contributed by atoms with Crippen LogP contribution < -0.4 is 10.2 Å². The largest absolute Gasteiger partial charge is 0.324 e. The summed E-state index contributed by atoms with van der Waals surface area (Å²) in [6.45, 7) is 0.293. The smallest absolute Gasteiger partial charge is 0.277 e. The number of rotatable bonds is 2. The standard InChI is InChI=1S/C18H14N4O2S/c23-16-7-9-22(15-10-19-8-6-13(15)20-16)18(24)14-11-25-17(21-14)12-4-2-1-3-5-12/h1-6,8,10-11H,7,9H2,(H,20,23). The van der Waals surface area contributed by atoms with Crippen LogP contribution in [0.5, 0.6) is 0 Å². The summed E-state index contributed by atoms with van der Waals surface area (Å²) in [7, 11) is 0. The third-order valence-electron chi connectivity index (χ3n) is 3.92.